The van der Waals surface area contributed by atoms with Crippen molar-refractivity contribution in [3.05, 3.63) is 47.8 Å². The Morgan fingerprint density at radius 3 is 2.40 bits per heavy atom. The largest absolute Gasteiger partial charge is 0.433 e. The number of hydrogen-bond acceptors (Lipinski definition) is 4. The highest BCUT2D eigenvalue weighted by Crippen LogP contribution is 2.28. The number of nitrogens with one attached hydrogen (secondary N) is 1. The van der Waals surface area contributed by atoms with Crippen LogP contribution in [0.1, 0.15) is 12.6 Å². The van der Waals surface area contributed by atoms with Crippen molar-refractivity contribution in [2.45, 2.75) is 13.1 Å². The number of likely N-dealkylation sites (N-methyl/N-ethyl adjacent to an activating group) is 1. The Bertz CT molecular complexity index is 746. The minimum atomic E-state index is -4.66. The minimum absolute atomic E-state index is 0.106. The van der Waals surface area contributed by atoms with E-state index in [-0.39, 0.29) is 12.5 Å². The highest BCUT2D eigenvalue weighted by molar-refractivity contribution is 5.94. The van der Waals surface area contributed by atoms with E-state index in [4.69, 9.17) is 0 Å². The molecular formula is C15H13F5N4O. The lowest BCUT2D eigenvalue weighted by Gasteiger charge is -2.21. The van der Waals surface area contributed by atoms with Crippen molar-refractivity contribution in [2.24, 2.45) is 0 Å². The molecule has 134 valence electrons. The Balaban J connectivity index is 2.16. The maximum atomic E-state index is 13.5. The van der Waals surface area contributed by atoms with Gasteiger partial charge in [-0.05, 0) is 25.1 Å². The summed E-state index contributed by atoms with van der Waals surface area (Å²) in [5, 5.41) is 2.05. The van der Waals surface area contributed by atoms with Crippen molar-refractivity contribution in [3.8, 4) is 0 Å². The van der Waals surface area contributed by atoms with Crippen molar-refractivity contribution in [2.75, 3.05) is 23.3 Å². The number of benzene rings is 1. The predicted molar refractivity (Wildman–Crippen MR) is 79.9 cm³/mol. The van der Waals surface area contributed by atoms with E-state index in [1.54, 1.807) is 6.92 Å². The molecule has 0 aliphatic carbocycles. The first-order valence-corrected chi connectivity index (χ1v) is 7.11. The van der Waals surface area contributed by atoms with Crippen LogP contribution in [-0.2, 0) is 11.0 Å². The summed E-state index contributed by atoms with van der Waals surface area (Å²) in [5.41, 5.74) is -1.79. The van der Waals surface area contributed by atoms with E-state index in [1.807, 2.05) is 5.32 Å². The molecule has 5 nitrogen and oxygen atoms in total. The highest BCUT2D eigenvalue weighted by Gasteiger charge is 2.33. The van der Waals surface area contributed by atoms with Gasteiger partial charge in [0.1, 0.15) is 29.6 Å². The topological polar surface area (TPSA) is 58.1 Å². The number of hydrogen-bond donors (Lipinski definition) is 1. The zero-order valence-electron chi connectivity index (χ0n) is 12.9. The fraction of sp³-hybridized carbons (Fsp3) is 0.267. The van der Waals surface area contributed by atoms with Gasteiger partial charge >= 0.3 is 6.18 Å². The summed E-state index contributed by atoms with van der Waals surface area (Å²) >= 11 is 0. The lowest BCUT2D eigenvalue weighted by atomic mass is 10.3. The summed E-state index contributed by atoms with van der Waals surface area (Å²) in [5.74, 6) is -3.08. The molecule has 0 aliphatic heterocycles. The molecule has 2 rings (SSSR count). The molecule has 0 saturated heterocycles. The van der Waals surface area contributed by atoms with Crippen LogP contribution in [0.15, 0.2) is 30.5 Å². The van der Waals surface area contributed by atoms with Gasteiger partial charge in [-0.1, -0.05) is 6.07 Å². The molecule has 0 spiro atoms. The number of para-hydroxylation sites is 1. The Morgan fingerprint density at radius 1 is 1.20 bits per heavy atom. The fourth-order valence-electron chi connectivity index (χ4n) is 1.95. The number of amides is 1. The van der Waals surface area contributed by atoms with Crippen LogP contribution in [0.25, 0.3) is 0 Å². The average molecular weight is 360 g/mol. The molecule has 1 amide bonds. The Kier molecular flexibility index (Phi) is 5.50. The molecule has 1 aromatic carbocycles. The van der Waals surface area contributed by atoms with Crippen LogP contribution in [0.2, 0.25) is 0 Å². The van der Waals surface area contributed by atoms with E-state index < -0.39 is 41.6 Å². The van der Waals surface area contributed by atoms with E-state index in [2.05, 4.69) is 9.97 Å². The van der Waals surface area contributed by atoms with E-state index >= 15 is 0 Å². The quantitative estimate of drug-likeness (QED) is 0.832. The highest BCUT2D eigenvalue weighted by atomic mass is 19.4. The zero-order chi connectivity index (χ0) is 18.6. The van der Waals surface area contributed by atoms with Gasteiger partial charge in [0.2, 0.25) is 11.9 Å². The number of nitrogens with zero attached hydrogens (tertiary/aromatic N) is 3. The number of rotatable bonds is 5. The second kappa shape index (κ2) is 7.41. The van der Waals surface area contributed by atoms with Gasteiger partial charge in [-0.3, -0.25) is 4.79 Å². The van der Waals surface area contributed by atoms with Crippen LogP contribution >= 0.6 is 0 Å². The first-order chi connectivity index (χ1) is 11.7. The second-order valence-corrected chi connectivity index (χ2v) is 4.90. The van der Waals surface area contributed by atoms with Gasteiger partial charge in [-0.15, -0.1) is 0 Å². The summed E-state index contributed by atoms with van der Waals surface area (Å²) in [4.78, 5) is 20.2. The number of halogens is 5. The molecule has 1 aromatic heterocycles. The molecule has 0 atom stereocenters. The van der Waals surface area contributed by atoms with Gasteiger partial charge in [0.25, 0.3) is 0 Å². The van der Waals surface area contributed by atoms with Crippen LogP contribution in [0, 0.1) is 11.6 Å². The average Bonchev–Trinajstić information content (AvgIpc) is 2.55. The molecule has 0 fully saturated rings. The summed E-state index contributed by atoms with van der Waals surface area (Å²) in [6, 6.07) is 3.76. The van der Waals surface area contributed by atoms with Crippen LogP contribution in [0.5, 0.6) is 0 Å². The molecule has 0 saturated carbocycles. The van der Waals surface area contributed by atoms with Crippen LogP contribution in [0.3, 0.4) is 0 Å². The van der Waals surface area contributed by atoms with Crippen molar-refractivity contribution >= 4 is 17.5 Å². The van der Waals surface area contributed by atoms with Gasteiger partial charge in [0.05, 0.1) is 0 Å². The molecule has 0 radical (unpaired) electrons. The molecule has 0 aliphatic rings. The molecule has 0 bridgehead atoms. The lowest BCUT2D eigenvalue weighted by molar-refractivity contribution is -0.141. The Morgan fingerprint density at radius 2 is 1.84 bits per heavy atom. The van der Waals surface area contributed by atoms with E-state index in [1.165, 1.54) is 0 Å². The first-order valence-electron chi connectivity index (χ1n) is 7.11. The summed E-state index contributed by atoms with van der Waals surface area (Å²) in [6.07, 6.45) is -3.74. The van der Waals surface area contributed by atoms with E-state index in [0.717, 1.165) is 29.3 Å². The van der Waals surface area contributed by atoms with Crippen LogP contribution < -0.4 is 10.2 Å². The van der Waals surface area contributed by atoms with Crippen molar-refractivity contribution in [1.82, 2.24) is 9.97 Å². The number of alkyl halides is 3. The monoisotopic (exact) mass is 360 g/mol. The molecule has 1 heterocycles. The normalized spacial score (nSPS) is 11.3. The molecule has 1 N–H and O–H groups in total. The molecule has 25 heavy (non-hydrogen) atoms. The standard InChI is InChI=1S/C15H13F5N4O/c1-2-24(14-21-7-6-11(22-14)15(18,19)20)8-12(25)23-13-9(16)4-3-5-10(13)17/h3-7H,2,8H2,1H3,(H,23,25). The molecule has 10 heteroatoms. The summed E-state index contributed by atoms with van der Waals surface area (Å²) < 4.78 is 65.1. The maximum Gasteiger partial charge on any atom is 0.433 e. The van der Waals surface area contributed by atoms with Crippen LogP contribution in [-0.4, -0.2) is 29.0 Å². The predicted octanol–water partition coefficient (Wildman–Crippen LogP) is 3.24. The molecule has 0 unspecified atom stereocenters. The third kappa shape index (κ3) is 4.61. The Labute approximate surface area is 139 Å². The zero-order valence-corrected chi connectivity index (χ0v) is 12.9. The fourth-order valence-corrected chi connectivity index (χ4v) is 1.95. The summed E-state index contributed by atoms with van der Waals surface area (Å²) in [7, 11) is 0. The number of anilines is 2. The number of carbonyl (C=O) groups is 1. The van der Waals surface area contributed by atoms with Crippen molar-refractivity contribution in [1.29, 1.82) is 0 Å². The van der Waals surface area contributed by atoms with Gasteiger partial charge in [0.15, 0.2) is 0 Å². The SMILES string of the molecule is CCN(CC(=O)Nc1c(F)cccc1F)c1nccc(C(F)(F)F)n1. The van der Waals surface area contributed by atoms with E-state index in [0.29, 0.717) is 6.07 Å². The second-order valence-electron chi connectivity index (χ2n) is 4.90. The van der Waals surface area contributed by atoms with Gasteiger partial charge in [0, 0.05) is 12.7 Å². The van der Waals surface area contributed by atoms with Gasteiger partial charge < -0.3 is 10.2 Å². The minimum Gasteiger partial charge on any atom is -0.332 e. The number of aromatic nitrogens is 2. The van der Waals surface area contributed by atoms with E-state index in [9.17, 15) is 26.7 Å². The van der Waals surface area contributed by atoms with Gasteiger partial charge in [-0.2, -0.15) is 13.2 Å². The third-order valence-electron chi connectivity index (χ3n) is 3.16. The smallest absolute Gasteiger partial charge is 0.332 e. The maximum absolute atomic E-state index is 13.5. The molecular weight excluding hydrogens is 347 g/mol. The third-order valence-corrected chi connectivity index (χ3v) is 3.16. The number of carbonyl (C=O) groups excluding carboxylic acids is 1. The lowest BCUT2D eigenvalue weighted by Crippen LogP contribution is -2.35. The Hall–Kier alpha value is -2.78. The van der Waals surface area contributed by atoms with Crippen molar-refractivity contribution < 1.29 is 26.7 Å². The first kappa shape index (κ1) is 18.6. The van der Waals surface area contributed by atoms with Crippen molar-refractivity contribution in [3.63, 3.8) is 0 Å². The molecule has 2 aromatic rings. The van der Waals surface area contributed by atoms with Gasteiger partial charge in [-0.25, -0.2) is 18.7 Å². The summed E-state index contributed by atoms with van der Waals surface area (Å²) in [6.45, 7) is 1.20. The van der Waals surface area contributed by atoms with Crippen LogP contribution in [0.4, 0.5) is 33.6 Å².